The van der Waals surface area contributed by atoms with E-state index in [0.29, 0.717) is 12.1 Å². The minimum Gasteiger partial charge on any atom is -0.332 e. The molecule has 1 aromatic carbocycles. The molecule has 26 heavy (non-hydrogen) atoms. The zero-order chi connectivity index (χ0) is 19.3. The van der Waals surface area contributed by atoms with Crippen molar-refractivity contribution in [3.63, 3.8) is 0 Å². The molecule has 0 fully saturated rings. The highest BCUT2D eigenvalue weighted by Gasteiger charge is 2.24. The summed E-state index contributed by atoms with van der Waals surface area (Å²) in [6.07, 6.45) is 3.38. The van der Waals surface area contributed by atoms with Crippen molar-refractivity contribution in [3.05, 3.63) is 59.9 Å². The first kappa shape index (κ1) is 20.0. The summed E-state index contributed by atoms with van der Waals surface area (Å²) in [5.41, 5.74) is 1.20. The average Bonchev–Trinajstić information content (AvgIpc) is 2.65. The van der Waals surface area contributed by atoms with Crippen molar-refractivity contribution >= 4 is 15.9 Å². The average molecular weight is 377 g/mol. The molecular weight excluding hydrogens is 354 g/mol. The Morgan fingerprint density at radius 1 is 1.23 bits per heavy atom. The van der Waals surface area contributed by atoms with Crippen LogP contribution in [0.15, 0.2) is 53.7 Å². The van der Waals surface area contributed by atoms with Gasteiger partial charge in [-0.2, -0.15) is 0 Å². The highest BCUT2D eigenvalue weighted by Crippen LogP contribution is 2.19. The molecule has 0 saturated heterocycles. The highest BCUT2D eigenvalue weighted by molar-refractivity contribution is 7.89. The summed E-state index contributed by atoms with van der Waals surface area (Å²) >= 11 is 0. The van der Waals surface area contributed by atoms with Gasteiger partial charge in [0.1, 0.15) is 0 Å². The largest absolute Gasteiger partial charge is 0.332 e. The van der Waals surface area contributed by atoms with Crippen LogP contribution in [-0.4, -0.2) is 48.9 Å². The summed E-state index contributed by atoms with van der Waals surface area (Å²) in [4.78, 5) is 23.5. The summed E-state index contributed by atoms with van der Waals surface area (Å²) in [5.74, 6) is -0.249. The molecule has 1 amide bonds. The van der Waals surface area contributed by atoms with Crippen LogP contribution in [0, 0.1) is 0 Å². The van der Waals surface area contributed by atoms with Crippen LogP contribution in [0.25, 0.3) is 0 Å². The van der Waals surface area contributed by atoms with Gasteiger partial charge >= 0.3 is 0 Å². The van der Waals surface area contributed by atoms with Crippen LogP contribution in [0.4, 0.5) is 0 Å². The Kier molecular flexibility index (Phi) is 6.47. The molecule has 2 rings (SSSR count). The van der Waals surface area contributed by atoms with Gasteiger partial charge in [-0.1, -0.05) is 16.6 Å². The van der Waals surface area contributed by atoms with Crippen LogP contribution in [0.3, 0.4) is 0 Å². The minimum absolute atomic E-state index is 0.00205. The van der Waals surface area contributed by atoms with Crippen LogP contribution in [0.5, 0.6) is 0 Å². The smallest absolute Gasteiger partial charge is 0.264 e. The van der Waals surface area contributed by atoms with E-state index in [1.807, 2.05) is 26.0 Å². The van der Waals surface area contributed by atoms with Gasteiger partial charge in [0.15, 0.2) is 0 Å². The number of amides is 1. The fourth-order valence-corrected chi connectivity index (χ4v) is 3.40. The molecule has 140 valence electrons. The number of rotatable bonds is 7. The molecule has 0 unspecified atom stereocenters. The van der Waals surface area contributed by atoms with Gasteiger partial charge in [0.2, 0.25) is 0 Å². The van der Waals surface area contributed by atoms with Crippen molar-refractivity contribution in [2.75, 3.05) is 14.2 Å². The van der Waals surface area contributed by atoms with E-state index in [9.17, 15) is 13.2 Å². The predicted molar refractivity (Wildman–Crippen MR) is 97.6 cm³/mol. The zero-order valence-electron chi connectivity index (χ0n) is 15.3. The van der Waals surface area contributed by atoms with Crippen molar-refractivity contribution < 1.29 is 18.0 Å². The van der Waals surface area contributed by atoms with Gasteiger partial charge in [-0.25, -0.2) is 8.42 Å². The van der Waals surface area contributed by atoms with Gasteiger partial charge in [-0.3, -0.25) is 14.6 Å². The molecule has 0 radical (unpaired) electrons. The molecule has 0 bridgehead atoms. The number of hydrogen-bond donors (Lipinski definition) is 0. The van der Waals surface area contributed by atoms with E-state index < -0.39 is 10.0 Å². The van der Waals surface area contributed by atoms with Crippen LogP contribution in [0.1, 0.15) is 29.8 Å². The third kappa shape index (κ3) is 4.46. The Bertz CT molecular complexity index is 854. The van der Waals surface area contributed by atoms with Crippen molar-refractivity contribution in [2.45, 2.75) is 31.3 Å². The Morgan fingerprint density at radius 3 is 2.54 bits per heavy atom. The van der Waals surface area contributed by atoms with Crippen molar-refractivity contribution in [1.29, 1.82) is 0 Å². The number of pyridine rings is 1. The monoisotopic (exact) mass is 377 g/mol. The molecule has 0 aliphatic rings. The lowest BCUT2D eigenvalue weighted by molar-refractivity contribution is -0.0258. The molecule has 2 aromatic rings. The molecule has 0 aliphatic heterocycles. The van der Waals surface area contributed by atoms with Gasteiger partial charge in [-0.05, 0) is 43.7 Å². The van der Waals surface area contributed by atoms with Gasteiger partial charge < -0.3 is 4.90 Å². The van der Waals surface area contributed by atoms with E-state index in [4.69, 9.17) is 4.84 Å². The number of benzene rings is 1. The first-order chi connectivity index (χ1) is 12.3. The molecule has 8 heteroatoms. The van der Waals surface area contributed by atoms with Crippen molar-refractivity contribution in [2.24, 2.45) is 0 Å². The lowest BCUT2D eigenvalue weighted by atomic mass is 10.1. The van der Waals surface area contributed by atoms with Gasteiger partial charge in [0, 0.05) is 37.6 Å². The predicted octanol–water partition coefficient (Wildman–Crippen LogP) is 2.31. The molecule has 7 nitrogen and oxygen atoms in total. The maximum atomic E-state index is 13.0. The zero-order valence-corrected chi connectivity index (χ0v) is 16.1. The number of sulfonamides is 1. The molecule has 0 atom stereocenters. The molecule has 0 N–H and O–H groups in total. The van der Waals surface area contributed by atoms with Crippen molar-refractivity contribution in [3.8, 4) is 0 Å². The number of hydroxylamine groups is 1. The molecule has 0 aliphatic carbocycles. The molecule has 0 saturated carbocycles. The fraction of sp³-hybridized carbons (Fsp3) is 0.333. The summed E-state index contributed by atoms with van der Waals surface area (Å²) in [6.45, 7) is 4.21. The summed E-state index contributed by atoms with van der Waals surface area (Å²) in [7, 11) is -1.26. The SMILES string of the molecule is CON(C)S(=O)(=O)c1cccc(C(=O)N(Cc2cccnc2)C(C)C)c1. The summed E-state index contributed by atoms with van der Waals surface area (Å²) in [6, 6.07) is 9.59. The van der Waals surface area contributed by atoms with E-state index >= 15 is 0 Å². The fourth-order valence-electron chi connectivity index (χ4n) is 2.38. The third-order valence-electron chi connectivity index (χ3n) is 3.93. The van der Waals surface area contributed by atoms with Gasteiger partial charge in [0.25, 0.3) is 15.9 Å². The van der Waals surface area contributed by atoms with E-state index in [-0.39, 0.29) is 16.8 Å². The quantitative estimate of drug-likeness (QED) is 0.692. The van der Waals surface area contributed by atoms with Crippen LogP contribution < -0.4 is 0 Å². The molecular formula is C18H23N3O4S. The Labute approximate surface area is 154 Å². The van der Waals surface area contributed by atoms with E-state index in [0.717, 1.165) is 10.0 Å². The number of nitrogens with zero attached hydrogens (tertiary/aromatic N) is 3. The van der Waals surface area contributed by atoms with Crippen LogP contribution >= 0.6 is 0 Å². The second-order valence-corrected chi connectivity index (χ2v) is 7.95. The first-order valence-electron chi connectivity index (χ1n) is 8.10. The Hall–Kier alpha value is -2.29. The normalized spacial score (nSPS) is 11.8. The second kappa shape index (κ2) is 8.39. The van der Waals surface area contributed by atoms with Gasteiger partial charge in [0.05, 0.1) is 12.0 Å². The highest BCUT2D eigenvalue weighted by atomic mass is 32.2. The van der Waals surface area contributed by atoms with Crippen molar-refractivity contribution in [1.82, 2.24) is 14.4 Å². The molecule has 1 heterocycles. The standard InChI is InChI=1S/C18H23N3O4S/c1-14(2)21(13-15-7-6-10-19-12-15)18(22)16-8-5-9-17(11-16)26(23,24)20(3)25-4/h5-12,14H,13H2,1-4H3. The third-order valence-corrected chi connectivity index (χ3v) is 5.61. The van der Waals surface area contributed by atoms with E-state index in [1.54, 1.807) is 29.4 Å². The van der Waals surface area contributed by atoms with E-state index in [2.05, 4.69) is 4.98 Å². The molecule has 0 spiro atoms. The maximum absolute atomic E-state index is 13.0. The first-order valence-corrected chi connectivity index (χ1v) is 9.54. The Balaban J connectivity index is 2.34. The van der Waals surface area contributed by atoms with Gasteiger partial charge in [-0.15, -0.1) is 0 Å². The second-order valence-electron chi connectivity index (χ2n) is 6.01. The van der Waals surface area contributed by atoms with Crippen LogP contribution in [-0.2, 0) is 21.4 Å². The number of aromatic nitrogens is 1. The van der Waals surface area contributed by atoms with E-state index in [1.165, 1.54) is 26.3 Å². The number of carbonyl (C=O) groups excluding carboxylic acids is 1. The number of carbonyl (C=O) groups is 1. The topological polar surface area (TPSA) is 79.8 Å². The summed E-state index contributed by atoms with van der Waals surface area (Å²) in [5, 5.41) is 0. The minimum atomic E-state index is -3.82. The maximum Gasteiger partial charge on any atom is 0.264 e. The van der Waals surface area contributed by atoms with Crippen LogP contribution in [0.2, 0.25) is 0 Å². The Morgan fingerprint density at radius 2 is 1.96 bits per heavy atom. The number of hydrogen-bond acceptors (Lipinski definition) is 5. The lowest BCUT2D eigenvalue weighted by Crippen LogP contribution is -2.36. The molecule has 1 aromatic heterocycles. The lowest BCUT2D eigenvalue weighted by Gasteiger charge is -2.27. The summed E-state index contributed by atoms with van der Waals surface area (Å²) < 4.78 is 25.6.